The number of cyclic esters (lactones) is 1. The predicted octanol–water partition coefficient (Wildman–Crippen LogP) is 2.53. The molecule has 0 radical (unpaired) electrons. The number of alkyl carbamates (subject to hydrolysis) is 1. The summed E-state index contributed by atoms with van der Waals surface area (Å²) in [5.41, 5.74) is 0.785. The van der Waals surface area contributed by atoms with E-state index >= 15 is 0 Å². The van der Waals surface area contributed by atoms with E-state index in [1.54, 1.807) is 7.11 Å². The van der Waals surface area contributed by atoms with Crippen LogP contribution in [0.3, 0.4) is 0 Å². The van der Waals surface area contributed by atoms with Gasteiger partial charge in [-0.2, -0.15) is 0 Å². The number of carbonyl (C=O) groups is 1. The average molecular weight is 276 g/mol. The van der Waals surface area contributed by atoms with Crippen molar-refractivity contribution < 1.29 is 14.3 Å². The fourth-order valence-electron chi connectivity index (χ4n) is 3.13. The first-order valence-electron chi connectivity index (χ1n) is 7.07. The Hall–Kier alpha value is -1.91. The average Bonchev–Trinajstić information content (AvgIpc) is 2.84. The minimum absolute atomic E-state index is 0.205. The molecule has 2 N–H and O–H groups in total. The molecular weight excluding hydrogens is 256 g/mol. The summed E-state index contributed by atoms with van der Waals surface area (Å²) in [7, 11) is 1.66. The number of carbonyl (C=O) groups excluding carboxylic acids is 1. The van der Waals surface area contributed by atoms with Gasteiger partial charge in [-0.05, 0) is 37.1 Å². The van der Waals surface area contributed by atoms with Gasteiger partial charge in [0.2, 0.25) is 0 Å². The van der Waals surface area contributed by atoms with Gasteiger partial charge in [-0.15, -0.1) is 0 Å². The number of anilines is 1. The normalized spacial score (nSPS) is 28.9. The third-order valence-corrected chi connectivity index (χ3v) is 4.28. The molecule has 1 aromatic rings. The van der Waals surface area contributed by atoms with Gasteiger partial charge >= 0.3 is 6.09 Å². The van der Waals surface area contributed by atoms with Gasteiger partial charge < -0.3 is 20.1 Å². The molecule has 0 bridgehead atoms. The molecule has 1 spiro atoms. The van der Waals surface area contributed by atoms with Gasteiger partial charge in [0.15, 0.2) is 0 Å². The predicted molar refractivity (Wildman–Crippen MR) is 76.1 cm³/mol. The third-order valence-electron chi connectivity index (χ3n) is 4.28. The lowest BCUT2D eigenvalue weighted by Gasteiger charge is -2.40. The lowest BCUT2D eigenvalue weighted by molar-refractivity contribution is 0.161. The molecule has 0 aromatic heterocycles. The van der Waals surface area contributed by atoms with Crippen LogP contribution in [0.15, 0.2) is 24.3 Å². The monoisotopic (exact) mass is 276 g/mol. The van der Waals surface area contributed by atoms with Gasteiger partial charge in [0.1, 0.15) is 12.4 Å². The number of benzene rings is 1. The molecule has 1 amide bonds. The molecule has 1 aliphatic carbocycles. The molecular formula is C15H20N2O3. The molecule has 1 aliphatic heterocycles. The Bertz CT molecular complexity index is 488. The highest BCUT2D eigenvalue weighted by Gasteiger charge is 2.47. The van der Waals surface area contributed by atoms with Crippen LogP contribution in [0.25, 0.3) is 0 Å². The van der Waals surface area contributed by atoms with Crippen molar-refractivity contribution in [2.45, 2.75) is 37.3 Å². The molecule has 1 heterocycles. The maximum atomic E-state index is 11.4. The first kappa shape index (κ1) is 13.1. The third kappa shape index (κ3) is 2.40. The van der Waals surface area contributed by atoms with Gasteiger partial charge in [0.25, 0.3) is 0 Å². The first-order chi connectivity index (χ1) is 9.72. The summed E-state index contributed by atoms with van der Waals surface area (Å²) in [6.45, 7) is 0.458. The van der Waals surface area contributed by atoms with Crippen molar-refractivity contribution in [3.63, 3.8) is 0 Å². The fraction of sp³-hybridized carbons (Fsp3) is 0.533. The molecule has 5 heteroatoms. The van der Waals surface area contributed by atoms with E-state index in [1.807, 2.05) is 24.3 Å². The van der Waals surface area contributed by atoms with E-state index in [4.69, 9.17) is 9.47 Å². The van der Waals surface area contributed by atoms with Crippen LogP contribution >= 0.6 is 0 Å². The maximum Gasteiger partial charge on any atom is 0.407 e. The fourth-order valence-corrected chi connectivity index (χ4v) is 3.13. The zero-order valence-corrected chi connectivity index (χ0v) is 11.6. The topological polar surface area (TPSA) is 59.6 Å². The summed E-state index contributed by atoms with van der Waals surface area (Å²) in [6, 6.07) is 8.07. The summed E-state index contributed by atoms with van der Waals surface area (Å²) < 4.78 is 10.3. The number of ether oxygens (including phenoxy) is 2. The SMILES string of the molecule is COc1ccc(N[C@H]2CCCC[C@]23COC(=O)N3)cc1. The highest BCUT2D eigenvalue weighted by Crippen LogP contribution is 2.34. The van der Waals surface area contributed by atoms with Gasteiger partial charge in [0.05, 0.1) is 18.7 Å². The lowest BCUT2D eigenvalue weighted by Crippen LogP contribution is -2.58. The minimum atomic E-state index is -0.298. The number of hydrogen-bond donors (Lipinski definition) is 2. The molecule has 20 heavy (non-hydrogen) atoms. The van der Waals surface area contributed by atoms with E-state index in [2.05, 4.69) is 10.6 Å². The molecule has 2 atom stereocenters. The molecule has 1 aromatic carbocycles. The largest absolute Gasteiger partial charge is 0.497 e. The van der Waals surface area contributed by atoms with Crippen molar-refractivity contribution in [1.29, 1.82) is 0 Å². The van der Waals surface area contributed by atoms with Crippen LogP contribution in [-0.4, -0.2) is 31.4 Å². The Kier molecular flexibility index (Phi) is 3.42. The maximum absolute atomic E-state index is 11.4. The Morgan fingerprint density at radius 1 is 1.35 bits per heavy atom. The van der Waals surface area contributed by atoms with Crippen LogP contribution in [0.4, 0.5) is 10.5 Å². The molecule has 2 fully saturated rings. The van der Waals surface area contributed by atoms with Crippen molar-refractivity contribution in [3.8, 4) is 5.75 Å². The van der Waals surface area contributed by atoms with E-state index in [0.29, 0.717) is 6.61 Å². The van der Waals surface area contributed by atoms with Gasteiger partial charge in [-0.1, -0.05) is 12.8 Å². The van der Waals surface area contributed by atoms with Gasteiger partial charge in [-0.25, -0.2) is 4.79 Å². The van der Waals surface area contributed by atoms with Crippen molar-refractivity contribution in [1.82, 2.24) is 5.32 Å². The number of rotatable bonds is 3. The van der Waals surface area contributed by atoms with E-state index in [0.717, 1.165) is 30.7 Å². The minimum Gasteiger partial charge on any atom is -0.497 e. The Morgan fingerprint density at radius 2 is 2.15 bits per heavy atom. The second kappa shape index (κ2) is 5.23. The highest BCUT2D eigenvalue weighted by atomic mass is 16.6. The summed E-state index contributed by atoms with van der Waals surface area (Å²) >= 11 is 0. The second-order valence-electron chi connectivity index (χ2n) is 5.53. The number of amides is 1. The molecule has 3 rings (SSSR count). The summed E-state index contributed by atoms with van der Waals surface area (Å²) in [5, 5.41) is 6.55. The first-order valence-corrected chi connectivity index (χ1v) is 7.07. The summed E-state index contributed by atoms with van der Waals surface area (Å²) in [4.78, 5) is 11.4. The number of methoxy groups -OCH3 is 1. The zero-order chi connectivity index (χ0) is 14.0. The molecule has 5 nitrogen and oxygen atoms in total. The Morgan fingerprint density at radius 3 is 2.80 bits per heavy atom. The van der Waals surface area contributed by atoms with Gasteiger partial charge in [-0.3, -0.25) is 0 Å². The molecule has 108 valence electrons. The Balaban J connectivity index is 1.75. The summed E-state index contributed by atoms with van der Waals surface area (Å²) in [6.07, 6.45) is 4.01. The standard InChI is InChI=1S/C15H20N2O3/c1-19-12-7-5-11(6-8-12)16-13-4-2-3-9-15(13)10-20-14(18)17-15/h5-8,13,16H,2-4,9-10H2,1H3,(H,17,18)/t13-,15-/m0/s1. The van der Waals surface area contributed by atoms with Crippen LogP contribution in [0.5, 0.6) is 5.75 Å². The Labute approximate surface area is 118 Å². The van der Waals surface area contributed by atoms with E-state index in [-0.39, 0.29) is 17.7 Å². The molecule has 0 unspecified atom stereocenters. The van der Waals surface area contributed by atoms with Crippen molar-refractivity contribution in [2.75, 3.05) is 19.0 Å². The van der Waals surface area contributed by atoms with Crippen molar-refractivity contribution in [3.05, 3.63) is 24.3 Å². The molecule has 2 aliphatic rings. The van der Waals surface area contributed by atoms with Crippen LogP contribution in [0, 0.1) is 0 Å². The number of hydrogen-bond acceptors (Lipinski definition) is 4. The van der Waals surface area contributed by atoms with E-state index < -0.39 is 0 Å². The van der Waals surface area contributed by atoms with Crippen LogP contribution < -0.4 is 15.4 Å². The zero-order valence-electron chi connectivity index (χ0n) is 11.6. The smallest absolute Gasteiger partial charge is 0.407 e. The molecule has 1 saturated heterocycles. The van der Waals surface area contributed by atoms with Crippen molar-refractivity contribution in [2.24, 2.45) is 0 Å². The van der Waals surface area contributed by atoms with E-state index in [1.165, 1.54) is 6.42 Å². The summed E-state index contributed by atoms with van der Waals surface area (Å²) in [5.74, 6) is 0.839. The van der Waals surface area contributed by atoms with Crippen molar-refractivity contribution >= 4 is 11.8 Å². The van der Waals surface area contributed by atoms with Crippen LogP contribution in [-0.2, 0) is 4.74 Å². The van der Waals surface area contributed by atoms with Crippen LogP contribution in [0.1, 0.15) is 25.7 Å². The second-order valence-corrected chi connectivity index (χ2v) is 5.53. The van der Waals surface area contributed by atoms with Crippen LogP contribution in [0.2, 0.25) is 0 Å². The van der Waals surface area contributed by atoms with E-state index in [9.17, 15) is 4.79 Å². The lowest BCUT2D eigenvalue weighted by atomic mass is 9.78. The number of nitrogens with one attached hydrogen (secondary N) is 2. The molecule has 1 saturated carbocycles. The quantitative estimate of drug-likeness (QED) is 0.890. The van der Waals surface area contributed by atoms with Gasteiger partial charge in [0, 0.05) is 5.69 Å². The highest BCUT2D eigenvalue weighted by molar-refractivity contribution is 5.71.